The molecule has 2 aromatic heterocycles. The molecular weight excluding hydrogens is 376 g/mol. The summed E-state index contributed by atoms with van der Waals surface area (Å²) in [6, 6.07) is 9.90. The largest absolute Gasteiger partial charge is 0.367 e. The maximum atomic E-state index is 11.9. The van der Waals surface area contributed by atoms with Crippen molar-refractivity contribution in [3.63, 3.8) is 0 Å². The van der Waals surface area contributed by atoms with Crippen molar-refractivity contribution in [2.24, 2.45) is 0 Å². The van der Waals surface area contributed by atoms with E-state index in [2.05, 4.69) is 21.0 Å². The van der Waals surface area contributed by atoms with Crippen LogP contribution in [0, 0.1) is 0 Å². The van der Waals surface area contributed by atoms with E-state index in [9.17, 15) is 4.79 Å². The Bertz CT molecular complexity index is 1080. The molecule has 3 N–H and O–H groups in total. The quantitative estimate of drug-likeness (QED) is 0.576. The first-order valence-electron chi connectivity index (χ1n) is 9.32. The highest BCUT2D eigenvalue weighted by molar-refractivity contribution is 6.30. The van der Waals surface area contributed by atoms with Gasteiger partial charge in [0.15, 0.2) is 5.65 Å². The fourth-order valence-corrected chi connectivity index (χ4v) is 3.36. The Morgan fingerprint density at radius 2 is 2.07 bits per heavy atom. The molecule has 0 bridgehead atoms. The average molecular weight is 395 g/mol. The number of carbonyl (C=O) groups excluding carboxylic acids is 1. The zero-order chi connectivity index (χ0) is 19.1. The minimum atomic E-state index is -0.0221. The highest BCUT2D eigenvalue weighted by atomic mass is 35.5. The normalized spacial score (nSPS) is 17.9. The zero-order valence-corrected chi connectivity index (χ0v) is 15.8. The van der Waals surface area contributed by atoms with E-state index in [1.807, 2.05) is 36.4 Å². The van der Waals surface area contributed by atoms with Crippen LogP contribution in [-0.2, 0) is 4.79 Å². The van der Waals surface area contributed by atoms with Crippen LogP contribution in [0.1, 0.15) is 24.8 Å². The lowest BCUT2D eigenvalue weighted by molar-refractivity contribution is -0.116. The number of rotatable bonds is 5. The third-order valence-electron chi connectivity index (χ3n) is 4.85. The van der Waals surface area contributed by atoms with Gasteiger partial charge in [-0.3, -0.25) is 4.79 Å². The Hall–Kier alpha value is -3.06. The van der Waals surface area contributed by atoms with E-state index in [1.165, 1.54) is 0 Å². The van der Waals surface area contributed by atoms with Gasteiger partial charge in [-0.1, -0.05) is 11.6 Å². The Balaban J connectivity index is 1.56. The van der Waals surface area contributed by atoms with Crippen LogP contribution < -0.4 is 16.0 Å². The summed E-state index contributed by atoms with van der Waals surface area (Å²) in [6.07, 6.45) is 6.66. The summed E-state index contributed by atoms with van der Waals surface area (Å²) in [7, 11) is 0. The minimum Gasteiger partial charge on any atom is -0.367 e. The number of hydrogen-bond acceptors (Lipinski definition) is 5. The van der Waals surface area contributed by atoms with E-state index >= 15 is 0 Å². The number of nitrogens with one attached hydrogen (secondary N) is 3. The lowest BCUT2D eigenvalue weighted by atomic mass is 10.1. The molecule has 1 amide bonds. The summed E-state index contributed by atoms with van der Waals surface area (Å²) in [5.74, 6) is 1.56. The predicted molar refractivity (Wildman–Crippen MR) is 110 cm³/mol. The van der Waals surface area contributed by atoms with E-state index in [0.717, 1.165) is 35.5 Å². The molecule has 2 aliphatic rings. The van der Waals surface area contributed by atoms with Crippen LogP contribution in [0.15, 0.2) is 42.1 Å². The SMILES string of the molecule is O=C1NCCC1=Cc1cnn2c(NC3CC3)cc(Nc3ccc(Cl)cc3)nc12. The smallest absolute Gasteiger partial charge is 0.247 e. The van der Waals surface area contributed by atoms with Gasteiger partial charge in [-0.05, 0) is 49.6 Å². The molecule has 3 aromatic rings. The second kappa shape index (κ2) is 6.83. The van der Waals surface area contributed by atoms with Crippen LogP contribution in [-0.4, -0.2) is 33.1 Å². The van der Waals surface area contributed by atoms with Crippen molar-refractivity contribution in [2.45, 2.75) is 25.3 Å². The first-order chi connectivity index (χ1) is 13.7. The van der Waals surface area contributed by atoms with E-state index in [4.69, 9.17) is 16.6 Å². The summed E-state index contributed by atoms with van der Waals surface area (Å²) in [6.45, 7) is 0.676. The topological polar surface area (TPSA) is 83.4 Å². The average Bonchev–Trinajstić information content (AvgIpc) is 3.27. The molecule has 0 atom stereocenters. The highest BCUT2D eigenvalue weighted by Gasteiger charge is 2.23. The van der Waals surface area contributed by atoms with Gasteiger partial charge in [-0.25, -0.2) is 4.98 Å². The molecule has 28 heavy (non-hydrogen) atoms. The monoisotopic (exact) mass is 394 g/mol. The molecular formula is C20H19ClN6O. The van der Waals surface area contributed by atoms with E-state index in [-0.39, 0.29) is 5.91 Å². The molecule has 5 rings (SSSR count). The standard InChI is InChI=1S/C20H19ClN6O/c21-14-1-3-15(4-2-14)24-17-10-18(25-16-5-6-16)27-19(26-17)13(11-23-27)9-12-7-8-22-20(12)28/h1-4,9-11,16,25H,5-8H2,(H,22,28)(H,24,26). The molecule has 1 aromatic carbocycles. The van der Waals surface area contributed by atoms with Crippen LogP contribution in [0.5, 0.6) is 0 Å². The summed E-state index contributed by atoms with van der Waals surface area (Å²) >= 11 is 5.98. The van der Waals surface area contributed by atoms with Gasteiger partial charge in [0.25, 0.3) is 0 Å². The third kappa shape index (κ3) is 3.41. The van der Waals surface area contributed by atoms with E-state index < -0.39 is 0 Å². The van der Waals surface area contributed by atoms with Gasteiger partial charge in [0, 0.05) is 40.5 Å². The number of fused-ring (bicyclic) bond motifs is 1. The second-order valence-electron chi connectivity index (χ2n) is 7.09. The highest BCUT2D eigenvalue weighted by Crippen LogP contribution is 2.29. The molecule has 1 saturated carbocycles. The fraction of sp³-hybridized carbons (Fsp3) is 0.250. The van der Waals surface area contributed by atoms with Crippen molar-refractivity contribution in [2.75, 3.05) is 17.2 Å². The zero-order valence-electron chi connectivity index (χ0n) is 15.1. The molecule has 3 heterocycles. The van der Waals surface area contributed by atoms with Gasteiger partial charge in [0.2, 0.25) is 5.91 Å². The number of benzene rings is 1. The first kappa shape index (κ1) is 17.1. The minimum absolute atomic E-state index is 0.0221. The molecule has 1 aliphatic carbocycles. The predicted octanol–water partition coefficient (Wildman–Crippen LogP) is 3.60. The van der Waals surface area contributed by atoms with Crippen LogP contribution in [0.3, 0.4) is 0 Å². The molecule has 0 radical (unpaired) electrons. The molecule has 0 spiro atoms. The summed E-state index contributed by atoms with van der Waals surface area (Å²) in [5.41, 5.74) is 3.18. The Morgan fingerprint density at radius 3 is 2.79 bits per heavy atom. The van der Waals surface area contributed by atoms with Crippen molar-refractivity contribution in [3.05, 3.63) is 52.7 Å². The second-order valence-corrected chi connectivity index (χ2v) is 7.52. The Morgan fingerprint density at radius 1 is 1.25 bits per heavy atom. The molecule has 2 fully saturated rings. The van der Waals surface area contributed by atoms with Crippen molar-refractivity contribution < 1.29 is 4.79 Å². The van der Waals surface area contributed by atoms with Crippen molar-refractivity contribution in [3.8, 4) is 0 Å². The fourth-order valence-electron chi connectivity index (χ4n) is 3.23. The van der Waals surface area contributed by atoms with Gasteiger partial charge >= 0.3 is 0 Å². The van der Waals surface area contributed by atoms with Crippen molar-refractivity contribution in [1.82, 2.24) is 19.9 Å². The van der Waals surface area contributed by atoms with Gasteiger partial charge in [0.05, 0.1) is 6.20 Å². The number of amides is 1. The van der Waals surface area contributed by atoms with E-state index in [0.29, 0.717) is 35.5 Å². The van der Waals surface area contributed by atoms with Crippen LogP contribution in [0.4, 0.5) is 17.3 Å². The molecule has 142 valence electrons. The number of nitrogens with zero attached hydrogens (tertiary/aromatic N) is 3. The maximum Gasteiger partial charge on any atom is 0.247 e. The van der Waals surface area contributed by atoms with Crippen LogP contribution in [0.2, 0.25) is 5.02 Å². The van der Waals surface area contributed by atoms with Gasteiger partial charge < -0.3 is 16.0 Å². The lowest BCUT2D eigenvalue weighted by Crippen LogP contribution is -2.14. The molecule has 1 aliphatic heterocycles. The number of carbonyl (C=O) groups is 1. The molecule has 1 saturated heterocycles. The van der Waals surface area contributed by atoms with Gasteiger partial charge in [-0.15, -0.1) is 0 Å². The van der Waals surface area contributed by atoms with Gasteiger partial charge in [0.1, 0.15) is 11.6 Å². The Labute approximate surface area is 166 Å². The first-order valence-corrected chi connectivity index (χ1v) is 9.70. The number of halogens is 1. The third-order valence-corrected chi connectivity index (χ3v) is 5.10. The molecule has 8 heteroatoms. The summed E-state index contributed by atoms with van der Waals surface area (Å²) in [5, 5.41) is 14.9. The van der Waals surface area contributed by atoms with Gasteiger partial charge in [-0.2, -0.15) is 9.61 Å². The maximum absolute atomic E-state index is 11.9. The summed E-state index contributed by atoms with van der Waals surface area (Å²) < 4.78 is 1.80. The van der Waals surface area contributed by atoms with Crippen LogP contribution >= 0.6 is 11.6 Å². The number of aromatic nitrogens is 3. The van der Waals surface area contributed by atoms with Crippen molar-refractivity contribution >= 4 is 46.6 Å². The van der Waals surface area contributed by atoms with E-state index in [1.54, 1.807) is 10.7 Å². The number of anilines is 3. The Kier molecular flexibility index (Phi) is 4.16. The molecule has 7 nitrogen and oxygen atoms in total. The molecule has 0 unspecified atom stereocenters. The van der Waals surface area contributed by atoms with Crippen LogP contribution in [0.25, 0.3) is 11.7 Å². The summed E-state index contributed by atoms with van der Waals surface area (Å²) in [4.78, 5) is 16.7. The number of hydrogen-bond donors (Lipinski definition) is 3. The lowest BCUT2D eigenvalue weighted by Gasteiger charge is -2.11. The van der Waals surface area contributed by atoms with Crippen molar-refractivity contribution in [1.29, 1.82) is 0 Å².